The van der Waals surface area contributed by atoms with E-state index in [0.717, 1.165) is 6.42 Å². The molecule has 2 atom stereocenters. The Hall–Kier alpha value is -0.830. The van der Waals surface area contributed by atoms with Crippen LogP contribution in [0.2, 0.25) is 0 Å². The molecule has 0 heterocycles. The zero-order valence-corrected chi connectivity index (χ0v) is 9.79. The Balaban J connectivity index is 2.32. The molecule has 0 saturated carbocycles. The van der Waals surface area contributed by atoms with Gasteiger partial charge in [0.2, 0.25) is 5.91 Å². The molecule has 1 aliphatic rings. The SMILES string of the molecule is CC(C)(C)CC(=O)N[C@@H]1C=C[C@H](CO)C1. The highest BCUT2D eigenvalue weighted by molar-refractivity contribution is 5.77. The predicted octanol–water partition coefficient (Wildman–Crippen LogP) is 1.48. The van der Waals surface area contributed by atoms with Gasteiger partial charge in [0.05, 0.1) is 0 Å². The van der Waals surface area contributed by atoms with E-state index in [-0.39, 0.29) is 29.9 Å². The van der Waals surface area contributed by atoms with E-state index in [0.29, 0.717) is 6.42 Å². The summed E-state index contributed by atoms with van der Waals surface area (Å²) >= 11 is 0. The summed E-state index contributed by atoms with van der Waals surface area (Å²) in [5, 5.41) is 11.9. The van der Waals surface area contributed by atoms with Crippen molar-refractivity contribution in [2.45, 2.75) is 39.7 Å². The molecular weight excluding hydrogens is 190 g/mol. The number of hydrogen-bond donors (Lipinski definition) is 2. The molecule has 1 amide bonds. The predicted molar refractivity (Wildman–Crippen MR) is 60.3 cm³/mol. The third-order valence-electron chi connectivity index (χ3n) is 2.44. The van der Waals surface area contributed by atoms with Gasteiger partial charge in [-0.1, -0.05) is 32.9 Å². The molecule has 1 aliphatic carbocycles. The number of aliphatic hydroxyl groups excluding tert-OH is 1. The van der Waals surface area contributed by atoms with Crippen LogP contribution in [0.25, 0.3) is 0 Å². The molecule has 0 saturated heterocycles. The fraction of sp³-hybridized carbons (Fsp3) is 0.750. The molecule has 3 heteroatoms. The van der Waals surface area contributed by atoms with E-state index >= 15 is 0 Å². The van der Waals surface area contributed by atoms with Gasteiger partial charge in [-0.05, 0) is 11.8 Å². The normalized spacial score (nSPS) is 25.6. The third-order valence-corrected chi connectivity index (χ3v) is 2.44. The van der Waals surface area contributed by atoms with E-state index in [1.54, 1.807) is 0 Å². The highest BCUT2D eigenvalue weighted by atomic mass is 16.3. The molecule has 15 heavy (non-hydrogen) atoms. The van der Waals surface area contributed by atoms with E-state index in [1.807, 2.05) is 32.9 Å². The summed E-state index contributed by atoms with van der Waals surface area (Å²) in [6.07, 6.45) is 5.32. The van der Waals surface area contributed by atoms with Crippen molar-refractivity contribution in [1.29, 1.82) is 0 Å². The van der Waals surface area contributed by atoms with Crippen LogP contribution in [0.15, 0.2) is 12.2 Å². The van der Waals surface area contributed by atoms with Gasteiger partial charge in [-0.2, -0.15) is 0 Å². The lowest BCUT2D eigenvalue weighted by atomic mass is 9.92. The Bertz CT molecular complexity index is 253. The van der Waals surface area contributed by atoms with Crippen molar-refractivity contribution in [2.75, 3.05) is 6.61 Å². The van der Waals surface area contributed by atoms with Gasteiger partial charge in [0.25, 0.3) is 0 Å². The van der Waals surface area contributed by atoms with Crippen LogP contribution in [0.1, 0.15) is 33.6 Å². The number of aliphatic hydroxyl groups is 1. The number of nitrogens with one attached hydrogen (secondary N) is 1. The average molecular weight is 211 g/mol. The number of rotatable bonds is 3. The Kier molecular flexibility index (Phi) is 3.91. The summed E-state index contributed by atoms with van der Waals surface area (Å²) < 4.78 is 0. The van der Waals surface area contributed by atoms with Gasteiger partial charge >= 0.3 is 0 Å². The fourth-order valence-corrected chi connectivity index (χ4v) is 1.76. The van der Waals surface area contributed by atoms with Gasteiger partial charge < -0.3 is 10.4 Å². The molecule has 1 rings (SSSR count). The molecule has 2 N–H and O–H groups in total. The lowest BCUT2D eigenvalue weighted by Crippen LogP contribution is -2.35. The van der Waals surface area contributed by atoms with Crippen LogP contribution in [-0.4, -0.2) is 23.7 Å². The first-order chi connectivity index (χ1) is 6.90. The van der Waals surface area contributed by atoms with Gasteiger partial charge in [-0.15, -0.1) is 0 Å². The van der Waals surface area contributed by atoms with Gasteiger partial charge in [0.15, 0.2) is 0 Å². The van der Waals surface area contributed by atoms with Crippen LogP contribution in [-0.2, 0) is 4.79 Å². The van der Waals surface area contributed by atoms with E-state index in [2.05, 4.69) is 5.32 Å². The molecule has 0 aliphatic heterocycles. The molecule has 0 aromatic heterocycles. The second-order valence-electron chi connectivity index (χ2n) is 5.47. The smallest absolute Gasteiger partial charge is 0.220 e. The van der Waals surface area contributed by atoms with Crippen molar-refractivity contribution in [1.82, 2.24) is 5.32 Å². The van der Waals surface area contributed by atoms with Gasteiger partial charge in [-0.25, -0.2) is 0 Å². The van der Waals surface area contributed by atoms with Crippen molar-refractivity contribution in [3.63, 3.8) is 0 Å². The van der Waals surface area contributed by atoms with Crippen molar-refractivity contribution < 1.29 is 9.90 Å². The number of carbonyl (C=O) groups is 1. The molecule has 3 nitrogen and oxygen atoms in total. The molecular formula is C12H21NO2. The monoisotopic (exact) mass is 211 g/mol. The number of hydrogen-bond acceptors (Lipinski definition) is 2. The quantitative estimate of drug-likeness (QED) is 0.695. The summed E-state index contributed by atoms with van der Waals surface area (Å²) in [5.41, 5.74) is 0.0305. The van der Waals surface area contributed by atoms with E-state index in [1.165, 1.54) is 0 Å². The zero-order chi connectivity index (χ0) is 11.5. The molecule has 0 radical (unpaired) electrons. The molecule has 0 bridgehead atoms. The molecule has 0 unspecified atom stereocenters. The first kappa shape index (κ1) is 12.2. The molecule has 0 aromatic rings. The molecule has 0 aromatic carbocycles. The van der Waals surface area contributed by atoms with Crippen molar-refractivity contribution in [2.24, 2.45) is 11.3 Å². The summed E-state index contributed by atoms with van der Waals surface area (Å²) in [6.45, 7) is 6.32. The molecule has 0 fully saturated rings. The lowest BCUT2D eigenvalue weighted by molar-refractivity contribution is -0.123. The number of carbonyl (C=O) groups excluding carboxylic acids is 1. The highest BCUT2D eigenvalue weighted by Gasteiger charge is 2.22. The van der Waals surface area contributed by atoms with Crippen molar-refractivity contribution >= 4 is 5.91 Å². The zero-order valence-electron chi connectivity index (χ0n) is 9.79. The van der Waals surface area contributed by atoms with Crippen LogP contribution >= 0.6 is 0 Å². The Morgan fingerprint density at radius 3 is 2.60 bits per heavy atom. The summed E-state index contributed by atoms with van der Waals surface area (Å²) in [7, 11) is 0. The Labute approximate surface area is 91.6 Å². The second kappa shape index (κ2) is 4.79. The lowest BCUT2D eigenvalue weighted by Gasteiger charge is -2.19. The Morgan fingerprint density at radius 2 is 2.13 bits per heavy atom. The van der Waals surface area contributed by atoms with Gasteiger partial charge in [0, 0.05) is 25.0 Å². The first-order valence-electron chi connectivity index (χ1n) is 5.49. The first-order valence-corrected chi connectivity index (χ1v) is 5.49. The van der Waals surface area contributed by atoms with Crippen LogP contribution < -0.4 is 5.32 Å². The third kappa shape index (κ3) is 4.47. The summed E-state index contributed by atoms with van der Waals surface area (Å²) in [4.78, 5) is 11.6. The van der Waals surface area contributed by atoms with Crippen LogP contribution in [0.5, 0.6) is 0 Å². The Morgan fingerprint density at radius 1 is 1.47 bits per heavy atom. The maximum Gasteiger partial charge on any atom is 0.220 e. The molecule has 86 valence electrons. The van der Waals surface area contributed by atoms with E-state index in [9.17, 15) is 4.79 Å². The minimum Gasteiger partial charge on any atom is -0.396 e. The summed E-state index contributed by atoms with van der Waals surface area (Å²) in [6, 6.07) is 0.108. The fourth-order valence-electron chi connectivity index (χ4n) is 1.76. The minimum atomic E-state index is 0.0305. The van der Waals surface area contributed by atoms with E-state index in [4.69, 9.17) is 5.11 Å². The number of amides is 1. The largest absolute Gasteiger partial charge is 0.396 e. The summed E-state index contributed by atoms with van der Waals surface area (Å²) in [5.74, 6) is 0.306. The van der Waals surface area contributed by atoms with Crippen molar-refractivity contribution in [3.05, 3.63) is 12.2 Å². The van der Waals surface area contributed by atoms with Gasteiger partial charge in [-0.3, -0.25) is 4.79 Å². The molecule has 0 spiro atoms. The van der Waals surface area contributed by atoms with E-state index < -0.39 is 0 Å². The maximum atomic E-state index is 11.6. The van der Waals surface area contributed by atoms with Gasteiger partial charge in [0.1, 0.15) is 0 Å². The highest BCUT2D eigenvalue weighted by Crippen LogP contribution is 2.20. The van der Waals surface area contributed by atoms with Crippen LogP contribution in [0.4, 0.5) is 0 Å². The van der Waals surface area contributed by atoms with Crippen molar-refractivity contribution in [3.8, 4) is 0 Å². The maximum absolute atomic E-state index is 11.6. The van der Waals surface area contributed by atoms with Crippen LogP contribution in [0, 0.1) is 11.3 Å². The minimum absolute atomic E-state index is 0.0305. The second-order valence-corrected chi connectivity index (χ2v) is 5.47. The van der Waals surface area contributed by atoms with Crippen LogP contribution in [0.3, 0.4) is 0 Å². The average Bonchev–Trinajstić information content (AvgIpc) is 2.48. The topological polar surface area (TPSA) is 49.3 Å². The standard InChI is InChI=1S/C12H21NO2/c1-12(2,3)7-11(15)13-10-5-4-9(6-10)8-14/h4-5,9-10,14H,6-8H2,1-3H3,(H,13,15)/t9-,10+/m0/s1.